The average Bonchev–Trinajstić information content (AvgIpc) is 3.18. The maximum absolute atomic E-state index is 11.3. The topological polar surface area (TPSA) is 93.3 Å². The molecule has 3 aromatic rings. The first-order chi connectivity index (χ1) is 14.6. The van der Waals surface area contributed by atoms with Gasteiger partial charge in [0.05, 0.1) is 19.1 Å². The number of hydrogen-bond acceptors (Lipinski definition) is 7. The van der Waals surface area contributed by atoms with Gasteiger partial charge in [0.25, 0.3) is 0 Å². The summed E-state index contributed by atoms with van der Waals surface area (Å²) in [6.45, 7) is 0.234. The fraction of sp³-hybridized carbons (Fsp3) is 0.217. The van der Waals surface area contributed by atoms with E-state index in [0.717, 1.165) is 40.5 Å². The van der Waals surface area contributed by atoms with E-state index >= 15 is 0 Å². The molecule has 0 bridgehead atoms. The van der Waals surface area contributed by atoms with Crippen molar-refractivity contribution in [1.82, 2.24) is 0 Å². The van der Waals surface area contributed by atoms with E-state index in [1.54, 1.807) is 7.11 Å². The summed E-state index contributed by atoms with van der Waals surface area (Å²) in [5, 5.41) is 11.3. The Bertz CT molecular complexity index is 1130. The van der Waals surface area contributed by atoms with Crippen molar-refractivity contribution in [3.8, 4) is 17.2 Å². The van der Waals surface area contributed by atoms with Crippen molar-refractivity contribution < 1.29 is 28.5 Å². The van der Waals surface area contributed by atoms with E-state index in [9.17, 15) is 9.90 Å². The summed E-state index contributed by atoms with van der Waals surface area (Å²) in [7, 11) is 1.61. The van der Waals surface area contributed by atoms with Crippen molar-refractivity contribution in [3.05, 3.63) is 71.7 Å². The zero-order valence-electron chi connectivity index (χ0n) is 16.2. The van der Waals surface area contributed by atoms with Gasteiger partial charge in [-0.25, -0.2) is 4.99 Å². The van der Waals surface area contributed by atoms with Crippen LogP contribution < -0.4 is 19.3 Å². The molecular weight excluding hydrogens is 386 g/mol. The van der Waals surface area contributed by atoms with Gasteiger partial charge in [-0.05, 0) is 59.9 Å². The van der Waals surface area contributed by atoms with Gasteiger partial charge in [0, 0.05) is 12.0 Å². The summed E-state index contributed by atoms with van der Waals surface area (Å²) >= 11 is 0. The van der Waals surface area contributed by atoms with E-state index in [1.165, 1.54) is 12.3 Å². The number of nitrogens with zero attached hydrogens (tertiary/aromatic N) is 1. The number of carboxylic acids is 1. The monoisotopic (exact) mass is 404 g/mol. The van der Waals surface area contributed by atoms with E-state index in [0.29, 0.717) is 0 Å². The lowest BCUT2D eigenvalue weighted by atomic mass is 10.0. The third kappa shape index (κ3) is 3.28. The molecule has 7 nitrogen and oxygen atoms in total. The lowest BCUT2D eigenvalue weighted by Crippen LogP contribution is -2.21. The van der Waals surface area contributed by atoms with Crippen molar-refractivity contribution in [2.75, 3.05) is 13.9 Å². The zero-order valence-corrected chi connectivity index (χ0v) is 16.2. The number of methoxy groups -OCH3 is 1. The molecule has 5 rings (SSSR count). The molecule has 2 unspecified atom stereocenters. The van der Waals surface area contributed by atoms with Crippen LogP contribution in [0, 0.1) is 5.92 Å². The van der Waals surface area contributed by atoms with Crippen molar-refractivity contribution >= 4 is 17.4 Å². The van der Waals surface area contributed by atoms with Crippen LogP contribution >= 0.6 is 0 Å². The van der Waals surface area contributed by atoms with Crippen LogP contribution in [0.25, 0.3) is 0 Å². The quantitative estimate of drug-likeness (QED) is 0.585. The Morgan fingerprint density at radius 2 is 1.90 bits per heavy atom. The largest absolute Gasteiger partial charge is 0.541 e. The molecular formula is C23H18NO6-. The first-order valence-corrected chi connectivity index (χ1v) is 9.55. The van der Waals surface area contributed by atoms with E-state index < -0.39 is 5.97 Å². The number of ether oxygens (including phenoxy) is 3. The van der Waals surface area contributed by atoms with Gasteiger partial charge in [-0.1, -0.05) is 6.07 Å². The summed E-state index contributed by atoms with van der Waals surface area (Å²) in [6.07, 6.45) is 2.20. The first-order valence-electron chi connectivity index (χ1n) is 9.55. The molecule has 1 saturated carbocycles. The predicted octanol–water partition coefficient (Wildman–Crippen LogP) is 3.30. The molecule has 1 aliphatic heterocycles. The van der Waals surface area contributed by atoms with Gasteiger partial charge in [-0.15, -0.1) is 0 Å². The van der Waals surface area contributed by atoms with Crippen LogP contribution in [0.1, 0.15) is 34.0 Å². The Balaban J connectivity index is 1.51. The molecule has 1 aliphatic carbocycles. The highest BCUT2D eigenvalue weighted by Crippen LogP contribution is 2.51. The average molecular weight is 404 g/mol. The number of carbonyl (C=O) groups excluding carboxylic acids is 1. The molecule has 0 N–H and O–H groups in total. The molecule has 30 heavy (non-hydrogen) atoms. The Labute approximate surface area is 172 Å². The molecule has 0 amide bonds. The van der Waals surface area contributed by atoms with Gasteiger partial charge in [0.1, 0.15) is 17.4 Å². The zero-order chi connectivity index (χ0) is 20.7. The van der Waals surface area contributed by atoms with E-state index in [-0.39, 0.29) is 30.1 Å². The first kappa shape index (κ1) is 18.3. The fourth-order valence-electron chi connectivity index (χ4n) is 3.81. The van der Waals surface area contributed by atoms with Gasteiger partial charge in [0.2, 0.25) is 6.79 Å². The minimum absolute atomic E-state index is 0.128. The van der Waals surface area contributed by atoms with Crippen LogP contribution in [0.15, 0.2) is 64.2 Å². The molecule has 0 saturated heterocycles. The van der Waals surface area contributed by atoms with Crippen molar-refractivity contribution in [2.45, 2.75) is 12.3 Å². The van der Waals surface area contributed by atoms with Crippen LogP contribution in [0.4, 0.5) is 5.69 Å². The number of carbonyl (C=O) groups is 1. The Morgan fingerprint density at radius 3 is 2.67 bits per heavy atom. The molecule has 2 heterocycles. The summed E-state index contributed by atoms with van der Waals surface area (Å²) in [6, 6.07) is 15.1. The maximum Gasteiger partial charge on any atom is 0.231 e. The number of carboxylic acid groups (broad SMARTS) is 1. The van der Waals surface area contributed by atoms with E-state index in [1.807, 2.05) is 42.5 Å². The Hall–Kier alpha value is -3.74. The van der Waals surface area contributed by atoms with E-state index in [2.05, 4.69) is 4.99 Å². The van der Waals surface area contributed by atoms with Gasteiger partial charge in [-0.3, -0.25) is 0 Å². The van der Waals surface area contributed by atoms with Crippen molar-refractivity contribution in [3.63, 3.8) is 0 Å². The van der Waals surface area contributed by atoms with Crippen molar-refractivity contribution in [1.29, 1.82) is 0 Å². The molecule has 2 aliphatic rings. The van der Waals surface area contributed by atoms with E-state index in [4.69, 9.17) is 18.6 Å². The Morgan fingerprint density at radius 1 is 1.10 bits per heavy atom. The minimum atomic E-state index is -1.39. The van der Waals surface area contributed by atoms with Gasteiger partial charge in [0.15, 0.2) is 17.3 Å². The third-order valence-corrected chi connectivity index (χ3v) is 5.42. The second kappa shape index (κ2) is 7.26. The molecule has 2 aromatic carbocycles. The molecule has 1 aromatic heterocycles. The van der Waals surface area contributed by atoms with Gasteiger partial charge >= 0.3 is 0 Å². The smallest absolute Gasteiger partial charge is 0.231 e. The normalized spacial score (nSPS) is 19.6. The lowest BCUT2D eigenvalue weighted by molar-refractivity contribution is -0.256. The highest BCUT2D eigenvalue weighted by molar-refractivity contribution is 6.06. The molecule has 0 radical (unpaired) electrons. The van der Waals surface area contributed by atoms with Crippen molar-refractivity contribution in [2.24, 2.45) is 10.9 Å². The van der Waals surface area contributed by atoms with Gasteiger partial charge in [-0.2, -0.15) is 0 Å². The Kier molecular flexibility index (Phi) is 4.43. The SMILES string of the molecule is COc1ccc(C(=Nc2ccoc2C(=O)[O-])C2CC2c2ccc3c(c2)OCO3)cc1. The van der Waals surface area contributed by atoms with Crippen LogP contribution in [0.3, 0.4) is 0 Å². The summed E-state index contributed by atoms with van der Waals surface area (Å²) in [4.78, 5) is 16.0. The number of aromatic carboxylic acids is 1. The summed E-state index contributed by atoms with van der Waals surface area (Å²) in [5.74, 6) is 0.936. The molecule has 1 fully saturated rings. The minimum Gasteiger partial charge on any atom is -0.541 e. The number of furan rings is 1. The third-order valence-electron chi connectivity index (χ3n) is 5.42. The predicted molar refractivity (Wildman–Crippen MR) is 106 cm³/mol. The second-order valence-corrected chi connectivity index (χ2v) is 7.21. The highest BCUT2D eigenvalue weighted by atomic mass is 16.7. The van der Waals surface area contributed by atoms with Crippen LogP contribution in [-0.4, -0.2) is 25.6 Å². The fourth-order valence-corrected chi connectivity index (χ4v) is 3.81. The molecule has 7 heteroatoms. The van der Waals surface area contributed by atoms with Crippen LogP contribution in [0.5, 0.6) is 17.2 Å². The van der Waals surface area contributed by atoms with Gasteiger partial charge < -0.3 is 28.5 Å². The molecule has 152 valence electrons. The number of hydrogen-bond donors (Lipinski definition) is 0. The standard InChI is InChI=1S/C23H19NO6/c1-27-15-5-2-13(3-6-15)21(24-18-8-9-28-22(18)23(25)26)17-11-16(17)14-4-7-19-20(10-14)30-12-29-19/h2-10,16-17H,11-12H2,1H3,(H,25,26)/p-1. The second-order valence-electron chi connectivity index (χ2n) is 7.21. The molecule has 0 spiro atoms. The van der Waals surface area contributed by atoms with Crippen LogP contribution in [0.2, 0.25) is 0 Å². The molecule has 2 atom stereocenters. The summed E-state index contributed by atoms with van der Waals surface area (Å²) in [5.41, 5.74) is 3.08. The summed E-state index contributed by atoms with van der Waals surface area (Å²) < 4.78 is 21.2. The number of aliphatic imine (C=N–C) groups is 1. The number of rotatable bonds is 6. The lowest BCUT2D eigenvalue weighted by Gasteiger charge is -2.09. The van der Waals surface area contributed by atoms with Crippen LogP contribution in [-0.2, 0) is 0 Å². The number of benzene rings is 2. The highest BCUT2D eigenvalue weighted by Gasteiger charge is 2.43. The maximum atomic E-state index is 11.3. The number of fused-ring (bicyclic) bond motifs is 1.